The maximum Gasteiger partial charge on any atom is 0.478 e. The monoisotopic (exact) mass is 153 g/mol. The lowest BCUT2D eigenvalue weighted by Gasteiger charge is -2.11. The Morgan fingerprint density at radius 2 is 1.80 bits per heavy atom. The highest BCUT2D eigenvalue weighted by Gasteiger charge is 2.20. The Balaban J connectivity index is 3.12. The molecule has 0 atom stereocenters. The van der Waals surface area contributed by atoms with Crippen LogP contribution >= 0.6 is 0 Å². The Morgan fingerprint density at radius 3 is 2.20 bits per heavy atom. The van der Waals surface area contributed by atoms with Crippen LogP contribution in [0.5, 0.6) is 0 Å². The Morgan fingerprint density at radius 1 is 1.20 bits per heavy atom. The number of hydrogen-bond donors (Lipinski definition) is 0. The van der Waals surface area contributed by atoms with Gasteiger partial charge < -0.3 is 17.7 Å². The second-order valence-electron chi connectivity index (χ2n) is 2.16. The van der Waals surface area contributed by atoms with E-state index in [2.05, 4.69) is 0 Å². The van der Waals surface area contributed by atoms with E-state index < -0.39 is 13.3 Å². The van der Waals surface area contributed by atoms with Crippen molar-refractivity contribution in [2.45, 2.75) is 25.6 Å². The average molecular weight is 153 g/mol. The fourth-order valence-corrected chi connectivity index (χ4v) is 0.603. The lowest BCUT2D eigenvalue weighted by Crippen LogP contribution is -2.13. The summed E-state index contributed by atoms with van der Waals surface area (Å²) in [6.07, 6.45) is 0.608. The topological polar surface area (TPSA) is 17.1 Å². The van der Waals surface area contributed by atoms with E-state index in [9.17, 15) is 17.7 Å². The summed E-state index contributed by atoms with van der Waals surface area (Å²) < 4.78 is 34.4. The van der Waals surface area contributed by atoms with Crippen molar-refractivity contribution in [2.24, 2.45) is 0 Å². The summed E-state index contributed by atoms with van der Waals surface area (Å²) in [5.41, 5.74) is 0. The lowest BCUT2D eigenvalue weighted by molar-refractivity contribution is -0.107. The van der Waals surface area contributed by atoms with E-state index in [1.165, 1.54) is 0 Å². The smallest absolute Gasteiger partial charge is 0.449 e. The Hall–Kier alpha value is -0.475. The van der Waals surface area contributed by atoms with Gasteiger partial charge >= 0.3 is 6.98 Å². The number of unbranched alkanes of at least 4 members (excludes halogenated alkanes) is 2. The molecule has 5 heteroatoms. The number of rotatable bonds is 5. The molecule has 0 unspecified atom stereocenters. The SMILES string of the molecule is O=CCCCC[B-](F)(F)F. The van der Waals surface area contributed by atoms with Crippen LogP contribution in [-0.4, -0.2) is 13.3 Å². The summed E-state index contributed by atoms with van der Waals surface area (Å²) in [5.74, 6) is 0. The van der Waals surface area contributed by atoms with Crippen molar-refractivity contribution >= 4 is 13.3 Å². The molecule has 0 saturated heterocycles. The van der Waals surface area contributed by atoms with E-state index in [-0.39, 0.29) is 12.8 Å². The molecule has 0 aliphatic carbocycles. The molecular weight excluding hydrogens is 144 g/mol. The predicted octanol–water partition coefficient (Wildman–Crippen LogP) is 2.20. The molecule has 0 aromatic rings. The number of hydrogen-bond acceptors (Lipinski definition) is 1. The molecule has 0 saturated carbocycles. The van der Waals surface area contributed by atoms with Gasteiger partial charge in [0.15, 0.2) is 0 Å². The van der Waals surface area contributed by atoms with Crippen molar-refractivity contribution in [3.05, 3.63) is 0 Å². The Labute approximate surface area is 57.7 Å². The van der Waals surface area contributed by atoms with Crippen molar-refractivity contribution < 1.29 is 17.7 Å². The first-order chi connectivity index (χ1) is 4.56. The molecule has 10 heavy (non-hydrogen) atoms. The molecule has 0 fully saturated rings. The van der Waals surface area contributed by atoms with Crippen molar-refractivity contribution in [1.29, 1.82) is 0 Å². The molecule has 0 aromatic carbocycles. The van der Waals surface area contributed by atoms with Gasteiger partial charge in [-0.25, -0.2) is 0 Å². The largest absolute Gasteiger partial charge is 0.478 e. The molecule has 0 heterocycles. The minimum atomic E-state index is -4.63. The predicted molar refractivity (Wildman–Crippen MR) is 33.8 cm³/mol. The summed E-state index contributed by atoms with van der Waals surface area (Å²) in [6.45, 7) is -4.63. The first-order valence-electron chi connectivity index (χ1n) is 3.21. The zero-order valence-electron chi connectivity index (χ0n) is 5.53. The average Bonchev–Trinajstić information content (AvgIpc) is 1.78. The van der Waals surface area contributed by atoms with E-state index in [1.54, 1.807) is 0 Å². The maximum absolute atomic E-state index is 11.5. The minimum absolute atomic E-state index is 0.0856. The first-order valence-corrected chi connectivity index (χ1v) is 3.21. The fourth-order valence-electron chi connectivity index (χ4n) is 0.603. The summed E-state index contributed by atoms with van der Waals surface area (Å²) in [7, 11) is 0. The van der Waals surface area contributed by atoms with Gasteiger partial charge in [0.25, 0.3) is 0 Å². The van der Waals surface area contributed by atoms with Gasteiger partial charge in [0.2, 0.25) is 0 Å². The van der Waals surface area contributed by atoms with E-state index in [1.807, 2.05) is 0 Å². The maximum atomic E-state index is 11.5. The van der Waals surface area contributed by atoms with Gasteiger partial charge in [-0.2, -0.15) is 0 Å². The van der Waals surface area contributed by atoms with Crippen LogP contribution in [0.15, 0.2) is 0 Å². The van der Waals surface area contributed by atoms with Gasteiger partial charge in [0, 0.05) is 6.42 Å². The van der Waals surface area contributed by atoms with E-state index in [4.69, 9.17) is 0 Å². The lowest BCUT2D eigenvalue weighted by atomic mass is 9.83. The molecule has 1 nitrogen and oxygen atoms in total. The second-order valence-corrected chi connectivity index (χ2v) is 2.16. The Kier molecular flexibility index (Phi) is 4.15. The van der Waals surface area contributed by atoms with Gasteiger partial charge in [0.05, 0.1) is 0 Å². The molecule has 0 bridgehead atoms. The van der Waals surface area contributed by atoms with Crippen LogP contribution in [0, 0.1) is 0 Å². The van der Waals surface area contributed by atoms with Crippen LogP contribution in [0.4, 0.5) is 12.9 Å². The zero-order chi connectivity index (χ0) is 8.04. The molecule has 0 aliphatic rings. The normalized spacial score (nSPS) is 11.5. The minimum Gasteiger partial charge on any atom is -0.449 e. The molecule has 0 N–H and O–H groups in total. The van der Waals surface area contributed by atoms with Gasteiger partial charge in [-0.1, -0.05) is 12.7 Å². The molecule has 0 amide bonds. The highest BCUT2D eigenvalue weighted by atomic mass is 19.4. The second kappa shape index (κ2) is 4.36. The van der Waals surface area contributed by atoms with E-state index in [0.717, 1.165) is 0 Å². The van der Waals surface area contributed by atoms with E-state index >= 15 is 0 Å². The van der Waals surface area contributed by atoms with Crippen LogP contribution in [0.1, 0.15) is 19.3 Å². The van der Waals surface area contributed by atoms with Gasteiger partial charge in [-0.3, -0.25) is 0 Å². The first kappa shape index (κ1) is 9.52. The molecule has 60 valence electrons. The van der Waals surface area contributed by atoms with Crippen LogP contribution in [0.2, 0.25) is 6.32 Å². The third-order valence-corrected chi connectivity index (χ3v) is 1.10. The molecule has 0 aromatic heterocycles. The molecule has 0 rings (SSSR count). The van der Waals surface area contributed by atoms with Gasteiger partial charge in [0.1, 0.15) is 6.29 Å². The van der Waals surface area contributed by atoms with Crippen LogP contribution in [-0.2, 0) is 4.79 Å². The molecule has 0 spiro atoms. The van der Waals surface area contributed by atoms with Gasteiger partial charge in [-0.15, -0.1) is 0 Å². The molecule has 0 aliphatic heterocycles. The van der Waals surface area contributed by atoms with Gasteiger partial charge in [-0.05, 0) is 6.42 Å². The third-order valence-electron chi connectivity index (χ3n) is 1.10. The molecular formula is C5H9BF3O-. The van der Waals surface area contributed by atoms with Crippen molar-refractivity contribution in [2.75, 3.05) is 0 Å². The highest BCUT2D eigenvalue weighted by Crippen LogP contribution is 2.18. The molecule has 0 radical (unpaired) electrons. The van der Waals surface area contributed by atoms with E-state index in [0.29, 0.717) is 12.7 Å². The number of halogens is 3. The summed E-state index contributed by atoms with van der Waals surface area (Å²) in [5, 5.41) is 0. The number of carbonyl (C=O) groups excluding carboxylic acids is 1. The summed E-state index contributed by atoms with van der Waals surface area (Å²) in [4.78, 5) is 9.65. The summed E-state index contributed by atoms with van der Waals surface area (Å²) >= 11 is 0. The van der Waals surface area contributed by atoms with Crippen LogP contribution in [0.25, 0.3) is 0 Å². The van der Waals surface area contributed by atoms with Crippen molar-refractivity contribution in [1.82, 2.24) is 0 Å². The highest BCUT2D eigenvalue weighted by molar-refractivity contribution is 6.58. The van der Waals surface area contributed by atoms with Crippen LogP contribution in [0.3, 0.4) is 0 Å². The van der Waals surface area contributed by atoms with Crippen LogP contribution < -0.4 is 0 Å². The quantitative estimate of drug-likeness (QED) is 0.336. The third kappa shape index (κ3) is 7.52. The van der Waals surface area contributed by atoms with Crippen molar-refractivity contribution in [3.63, 3.8) is 0 Å². The fraction of sp³-hybridized carbons (Fsp3) is 0.800. The zero-order valence-corrected chi connectivity index (χ0v) is 5.53. The number of carbonyl (C=O) groups is 1. The van der Waals surface area contributed by atoms with Crippen molar-refractivity contribution in [3.8, 4) is 0 Å². The standard InChI is InChI=1S/C5H9BF3O/c7-6(8,9)4-2-1-3-5-10/h5H,1-4H2/q-1. The Bertz CT molecular complexity index is 102. The number of aldehydes is 1. The summed E-state index contributed by atoms with van der Waals surface area (Å²) in [6, 6.07) is 0.